The van der Waals surface area contributed by atoms with Crippen LogP contribution in [0.2, 0.25) is 0 Å². The Hall–Kier alpha value is -1.29. The Morgan fingerprint density at radius 2 is 1.82 bits per heavy atom. The van der Waals surface area contributed by atoms with Crippen molar-refractivity contribution in [2.75, 3.05) is 38.6 Å². The lowest BCUT2D eigenvalue weighted by molar-refractivity contribution is 0.0916. The van der Waals surface area contributed by atoms with E-state index >= 15 is 0 Å². The van der Waals surface area contributed by atoms with Gasteiger partial charge in [0.2, 0.25) is 0 Å². The van der Waals surface area contributed by atoms with E-state index in [0.29, 0.717) is 19.8 Å². The largest absolute Gasteiger partial charge is 0.504 e. The highest BCUT2D eigenvalue weighted by Crippen LogP contribution is 2.39. The SMILES string of the molecule is O=C(NCCOCCNCCCCCC1CCSS1)c1cc(O)c(O)c(O)c1. The molecule has 9 heteroatoms. The lowest BCUT2D eigenvalue weighted by Crippen LogP contribution is -2.28. The Labute approximate surface area is 174 Å². The Morgan fingerprint density at radius 1 is 1.07 bits per heavy atom. The number of amides is 1. The van der Waals surface area contributed by atoms with Crippen LogP contribution in [0.15, 0.2) is 12.1 Å². The highest BCUT2D eigenvalue weighted by molar-refractivity contribution is 8.77. The molecular formula is C19H30N2O5S2. The number of phenolic OH excluding ortho intramolecular Hbond substituents is 3. The average molecular weight is 431 g/mol. The molecule has 1 unspecified atom stereocenters. The smallest absolute Gasteiger partial charge is 0.251 e. The lowest BCUT2D eigenvalue weighted by Gasteiger charge is -2.09. The summed E-state index contributed by atoms with van der Waals surface area (Å²) < 4.78 is 5.46. The topological polar surface area (TPSA) is 111 Å². The van der Waals surface area contributed by atoms with Crippen molar-refractivity contribution in [3.63, 3.8) is 0 Å². The number of nitrogens with one attached hydrogen (secondary N) is 2. The molecule has 0 aromatic heterocycles. The third-order valence-electron chi connectivity index (χ3n) is 4.39. The number of aromatic hydroxyl groups is 3. The van der Waals surface area contributed by atoms with Gasteiger partial charge < -0.3 is 30.7 Å². The first-order valence-corrected chi connectivity index (χ1v) is 12.1. The van der Waals surface area contributed by atoms with Gasteiger partial charge in [-0.3, -0.25) is 4.79 Å². The number of ether oxygens (including phenoxy) is 1. The molecule has 1 saturated heterocycles. The van der Waals surface area contributed by atoms with E-state index in [4.69, 9.17) is 4.74 Å². The standard InChI is InChI=1S/C19H30N2O5S2/c22-16-12-14(13-17(23)18(16)24)19(25)21-8-10-26-9-7-20-6-3-1-2-4-15-5-11-27-28-15/h12-13,15,20,22-24H,1-11H2,(H,21,25). The minimum Gasteiger partial charge on any atom is -0.504 e. The van der Waals surface area contributed by atoms with E-state index in [0.717, 1.165) is 30.5 Å². The molecule has 0 aliphatic carbocycles. The van der Waals surface area contributed by atoms with Gasteiger partial charge in [0.15, 0.2) is 17.2 Å². The van der Waals surface area contributed by atoms with Gasteiger partial charge in [0, 0.05) is 29.7 Å². The molecule has 0 saturated carbocycles. The summed E-state index contributed by atoms with van der Waals surface area (Å²) in [7, 11) is 4.06. The van der Waals surface area contributed by atoms with Gasteiger partial charge in [-0.15, -0.1) is 0 Å². The molecule has 7 nitrogen and oxygen atoms in total. The summed E-state index contributed by atoms with van der Waals surface area (Å²) in [5.74, 6) is -0.862. The summed E-state index contributed by atoms with van der Waals surface area (Å²) in [6.07, 6.45) is 6.48. The minimum atomic E-state index is -0.640. The zero-order valence-corrected chi connectivity index (χ0v) is 17.6. The van der Waals surface area contributed by atoms with Gasteiger partial charge in [-0.2, -0.15) is 0 Å². The van der Waals surface area contributed by atoms with E-state index in [1.165, 1.54) is 37.9 Å². The first-order valence-electron chi connectivity index (χ1n) is 9.68. The predicted octanol–water partition coefficient (Wildman–Crippen LogP) is 2.85. The number of phenols is 3. The molecule has 28 heavy (non-hydrogen) atoms. The number of carbonyl (C=O) groups excluding carboxylic acids is 1. The second-order valence-corrected chi connectivity index (χ2v) is 9.45. The normalized spacial score (nSPS) is 16.4. The summed E-state index contributed by atoms with van der Waals surface area (Å²) in [5, 5.41) is 35.0. The van der Waals surface area contributed by atoms with E-state index in [1.807, 2.05) is 10.8 Å². The van der Waals surface area contributed by atoms with Gasteiger partial charge in [0.25, 0.3) is 5.91 Å². The van der Waals surface area contributed by atoms with Crippen molar-refractivity contribution in [2.24, 2.45) is 0 Å². The van der Waals surface area contributed by atoms with E-state index in [1.54, 1.807) is 0 Å². The molecule has 0 spiro atoms. The molecule has 1 atom stereocenters. The number of carbonyl (C=O) groups is 1. The fourth-order valence-electron chi connectivity index (χ4n) is 2.81. The van der Waals surface area contributed by atoms with Crippen LogP contribution in [0.5, 0.6) is 17.2 Å². The summed E-state index contributed by atoms with van der Waals surface area (Å²) in [5.41, 5.74) is 0.0692. The maximum atomic E-state index is 11.9. The summed E-state index contributed by atoms with van der Waals surface area (Å²) in [6, 6.07) is 2.20. The first-order chi connectivity index (χ1) is 13.6. The van der Waals surface area contributed by atoms with Gasteiger partial charge in [-0.05, 0) is 37.9 Å². The van der Waals surface area contributed by atoms with Crippen LogP contribution in [0.1, 0.15) is 42.5 Å². The molecule has 158 valence electrons. The van der Waals surface area contributed by atoms with Gasteiger partial charge in [-0.1, -0.05) is 34.4 Å². The summed E-state index contributed by atoms with van der Waals surface area (Å²) >= 11 is 0. The number of unbranched alkanes of at least 4 members (excludes halogenated alkanes) is 2. The second-order valence-electron chi connectivity index (χ2n) is 6.66. The van der Waals surface area contributed by atoms with Crippen LogP contribution in [0.4, 0.5) is 0 Å². The fraction of sp³-hybridized carbons (Fsp3) is 0.632. The number of hydrogen-bond donors (Lipinski definition) is 5. The van der Waals surface area contributed by atoms with Crippen molar-refractivity contribution >= 4 is 27.5 Å². The van der Waals surface area contributed by atoms with Gasteiger partial charge >= 0.3 is 0 Å². The van der Waals surface area contributed by atoms with Crippen molar-refractivity contribution in [3.8, 4) is 17.2 Å². The quantitative estimate of drug-likeness (QED) is 0.185. The molecule has 0 bridgehead atoms. The molecule has 1 heterocycles. The Bertz CT molecular complexity index is 589. The van der Waals surface area contributed by atoms with Crippen LogP contribution in [-0.4, -0.2) is 65.1 Å². The van der Waals surface area contributed by atoms with Crippen molar-refractivity contribution < 1.29 is 24.9 Å². The van der Waals surface area contributed by atoms with E-state index < -0.39 is 23.2 Å². The van der Waals surface area contributed by atoms with Gasteiger partial charge in [0.1, 0.15) is 0 Å². The molecule has 1 aromatic carbocycles. The van der Waals surface area contributed by atoms with Crippen molar-refractivity contribution in [3.05, 3.63) is 17.7 Å². The third-order valence-corrected chi connectivity index (χ3v) is 7.40. The number of rotatable bonds is 13. The molecule has 1 aliphatic heterocycles. The van der Waals surface area contributed by atoms with E-state index in [-0.39, 0.29) is 5.56 Å². The monoisotopic (exact) mass is 430 g/mol. The molecular weight excluding hydrogens is 400 g/mol. The number of benzene rings is 1. The molecule has 1 aromatic rings. The average Bonchev–Trinajstić information content (AvgIpc) is 3.19. The zero-order valence-electron chi connectivity index (χ0n) is 16.0. The van der Waals surface area contributed by atoms with Crippen molar-refractivity contribution in [1.82, 2.24) is 10.6 Å². The highest BCUT2D eigenvalue weighted by Gasteiger charge is 2.15. The molecule has 0 radical (unpaired) electrons. The van der Waals surface area contributed by atoms with Crippen molar-refractivity contribution in [1.29, 1.82) is 0 Å². The van der Waals surface area contributed by atoms with Crippen LogP contribution in [0.3, 0.4) is 0 Å². The zero-order chi connectivity index (χ0) is 20.2. The maximum Gasteiger partial charge on any atom is 0.251 e. The van der Waals surface area contributed by atoms with Crippen molar-refractivity contribution in [2.45, 2.75) is 37.4 Å². The molecule has 2 rings (SSSR count). The fourth-order valence-corrected chi connectivity index (χ4v) is 5.84. The maximum absolute atomic E-state index is 11.9. The number of hydrogen-bond acceptors (Lipinski definition) is 8. The van der Waals surface area contributed by atoms with Crippen LogP contribution < -0.4 is 10.6 Å². The Kier molecular flexibility index (Phi) is 10.7. The molecule has 1 amide bonds. The highest BCUT2D eigenvalue weighted by atomic mass is 33.1. The Morgan fingerprint density at radius 3 is 2.54 bits per heavy atom. The minimum absolute atomic E-state index is 0.0692. The first kappa shape index (κ1) is 23.0. The van der Waals surface area contributed by atoms with E-state index in [2.05, 4.69) is 21.4 Å². The summed E-state index contributed by atoms with van der Waals surface area (Å²) in [4.78, 5) is 11.9. The predicted molar refractivity (Wildman–Crippen MR) is 114 cm³/mol. The van der Waals surface area contributed by atoms with Crippen LogP contribution in [0.25, 0.3) is 0 Å². The van der Waals surface area contributed by atoms with Crippen LogP contribution in [-0.2, 0) is 4.74 Å². The van der Waals surface area contributed by atoms with Crippen LogP contribution >= 0.6 is 21.6 Å². The third kappa shape index (κ3) is 8.38. The van der Waals surface area contributed by atoms with Gasteiger partial charge in [-0.25, -0.2) is 0 Å². The molecule has 1 aliphatic rings. The van der Waals surface area contributed by atoms with E-state index in [9.17, 15) is 20.1 Å². The Balaban J connectivity index is 1.40. The lowest BCUT2D eigenvalue weighted by atomic mass is 10.1. The van der Waals surface area contributed by atoms with Crippen LogP contribution in [0, 0.1) is 0 Å². The van der Waals surface area contributed by atoms with Gasteiger partial charge in [0.05, 0.1) is 13.2 Å². The summed E-state index contributed by atoms with van der Waals surface area (Å²) in [6.45, 7) is 3.05. The molecule has 5 N–H and O–H groups in total. The molecule has 1 fully saturated rings. The second kappa shape index (κ2) is 13.0.